The lowest BCUT2D eigenvalue weighted by Crippen LogP contribution is -2.30. The Morgan fingerprint density at radius 2 is 1.89 bits per heavy atom. The van der Waals surface area contributed by atoms with Crippen LogP contribution in [0.4, 0.5) is 0 Å². The van der Waals surface area contributed by atoms with Gasteiger partial charge in [0.05, 0.1) is 6.10 Å². The van der Waals surface area contributed by atoms with Gasteiger partial charge in [-0.25, -0.2) is 0 Å². The van der Waals surface area contributed by atoms with Crippen LogP contribution >= 0.6 is 0 Å². The van der Waals surface area contributed by atoms with Crippen molar-refractivity contribution >= 4 is 5.91 Å². The smallest absolute Gasteiger partial charge is 0.253 e. The molecule has 0 bridgehead atoms. The molecule has 1 saturated carbocycles. The van der Waals surface area contributed by atoms with E-state index in [1.54, 1.807) is 12.1 Å². The van der Waals surface area contributed by atoms with Crippen LogP contribution in [-0.2, 0) is 0 Å². The van der Waals surface area contributed by atoms with E-state index in [1.165, 1.54) is 12.1 Å². The first kappa shape index (κ1) is 11.5. The third-order valence-electron chi connectivity index (χ3n) is 4.22. The quantitative estimate of drug-likeness (QED) is 0.784. The van der Waals surface area contributed by atoms with Crippen LogP contribution in [0, 0.1) is 11.8 Å². The van der Waals surface area contributed by atoms with E-state index in [0.717, 1.165) is 19.4 Å². The molecule has 4 heteroatoms. The molecule has 18 heavy (non-hydrogen) atoms. The Morgan fingerprint density at radius 3 is 2.56 bits per heavy atom. The van der Waals surface area contributed by atoms with Crippen LogP contribution < -0.4 is 0 Å². The summed E-state index contributed by atoms with van der Waals surface area (Å²) in [6.07, 6.45) is 1.65. The predicted molar refractivity (Wildman–Crippen MR) is 66.2 cm³/mol. The summed E-state index contributed by atoms with van der Waals surface area (Å²) >= 11 is 0. The molecule has 0 radical (unpaired) electrons. The second-order valence-corrected chi connectivity index (χ2v) is 5.33. The van der Waals surface area contributed by atoms with Crippen LogP contribution in [0.25, 0.3) is 0 Å². The maximum Gasteiger partial charge on any atom is 0.253 e. The van der Waals surface area contributed by atoms with E-state index in [9.17, 15) is 15.0 Å². The Morgan fingerprint density at radius 1 is 1.17 bits per heavy atom. The molecule has 1 aromatic carbocycles. The summed E-state index contributed by atoms with van der Waals surface area (Å²) in [5, 5.41) is 19.0. The first-order chi connectivity index (χ1) is 8.65. The zero-order valence-corrected chi connectivity index (χ0v) is 10.1. The van der Waals surface area contributed by atoms with Gasteiger partial charge in [0.2, 0.25) is 0 Å². The van der Waals surface area contributed by atoms with Gasteiger partial charge in [-0.05, 0) is 43.0 Å². The van der Waals surface area contributed by atoms with Crippen molar-refractivity contribution < 1.29 is 15.0 Å². The number of aliphatic hydroxyl groups is 1. The van der Waals surface area contributed by atoms with Gasteiger partial charge in [0, 0.05) is 24.6 Å². The van der Waals surface area contributed by atoms with E-state index in [-0.39, 0.29) is 23.7 Å². The number of fused-ring (bicyclic) bond motifs is 1. The molecule has 0 spiro atoms. The normalized spacial score (nSPS) is 30.5. The summed E-state index contributed by atoms with van der Waals surface area (Å²) < 4.78 is 0. The highest BCUT2D eigenvalue weighted by atomic mass is 16.3. The van der Waals surface area contributed by atoms with Crippen LogP contribution in [-0.4, -0.2) is 40.2 Å². The van der Waals surface area contributed by atoms with E-state index in [4.69, 9.17) is 0 Å². The Kier molecular flexibility index (Phi) is 2.74. The number of aromatic hydroxyl groups is 1. The first-order valence-corrected chi connectivity index (χ1v) is 6.41. The van der Waals surface area contributed by atoms with Crippen molar-refractivity contribution in [2.45, 2.75) is 18.9 Å². The molecule has 1 amide bonds. The molecule has 2 aliphatic rings. The van der Waals surface area contributed by atoms with E-state index in [1.807, 2.05) is 4.90 Å². The summed E-state index contributed by atoms with van der Waals surface area (Å²) in [5.41, 5.74) is 0.599. The number of phenols is 1. The molecule has 2 fully saturated rings. The second-order valence-electron chi connectivity index (χ2n) is 5.33. The maximum atomic E-state index is 12.3. The summed E-state index contributed by atoms with van der Waals surface area (Å²) in [6, 6.07) is 6.34. The number of carbonyl (C=O) groups excluding carboxylic acids is 1. The molecule has 3 atom stereocenters. The topological polar surface area (TPSA) is 60.8 Å². The minimum absolute atomic E-state index is 0.00315. The molecule has 3 unspecified atom stereocenters. The van der Waals surface area contributed by atoms with Crippen LogP contribution in [0.5, 0.6) is 5.75 Å². The van der Waals surface area contributed by atoms with Crippen LogP contribution in [0.15, 0.2) is 24.3 Å². The Hall–Kier alpha value is -1.55. The fraction of sp³-hybridized carbons (Fsp3) is 0.500. The first-order valence-electron chi connectivity index (χ1n) is 6.41. The number of aliphatic hydroxyl groups excluding tert-OH is 1. The highest BCUT2D eigenvalue weighted by molar-refractivity contribution is 5.94. The number of carbonyl (C=O) groups is 1. The molecule has 1 aliphatic carbocycles. The van der Waals surface area contributed by atoms with E-state index < -0.39 is 0 Å². The maximum absolute atomic E-state index is 12.3. The lowest BCUT2D eigenvalue weighted by Gasteiger charge is -2.18. The lowest BCUT2D eigenvalue weighted by atomic mass is 10.00. The summed E-state index contributed by atoms with van der Waals surface area (Å²) in [5.74, 6) is 0.879. The highest BCUT2D eigenvalue weighted by Gasteiger charge is 2.43. The third-order valence-corrected chi connectivity index (χ3v) is 4.22. The Labute approximate surface area is 106 Å². The van der Waals surface area contributed by atoms with Gasteiger partial charge in [0.15, 0.2) is 0 Å². The number of likely N-dealkylation sites (tertiary alicyclic amines) is 1. The van der Waals surface area contributed by atoms with Crippen molar-refractivity contribution in [3.63, 3.8) is 0 Å². The predicted octanol–water partition coefficient (Wildman–Crippen LogP) is 1.24. The van der Waals surface area contributed by atoms with Crippen molar-refractivity contribution in [2.75, 3.05) is 13.1 Å². The van der Waals surface area contributed by atoms with Gasteiger partial charge < -0.3 is 15.1 Å². The summed E-state index contributed by atoms with van der Waals surface area (Å²) in [7, 11) is 0. The molecule has 1 heterocycles. The van der Waals surface area contributed by atoms with Crippen molar-refractivity contribution in [1.82, 2.24) is 4.90 Å². The van der Waals surface area contributed by atoms with E-state index >= 15 is 0 Å². The molecule has 1 aromatic rings. The molecule has 0 aromatic heterocycles. The van der Waals surface area contributed by atoms with Crippen molar-refractivity contribution in [2.24, 2.45) is 11.8 Å². The van der Waals surface area contributed by atoms with Crippen molar-refractivity contribution in [1.29, 1.82) is 0 Å². The lowest BCUT2D eigenvalue weighted by molar-refractivity contribution is 0.0752. The van der Waals surface area contributed by atoms with Crippen molar-refractivity contribution in [3.8, 4) is 5.75 Å². The molecule has 1 aliphatic heterocycles. The number of hydrogen-bond donors (Lipinski definition) is 2. The zero-order valence-electron chi connectivity index (χ0n) is 10.1. The van der Waals surface area contributed by atoms with E-state index in [0.29, 0.717) is 18.0 Å². The van der Waals surface area contributed by atoms with Gasteiger partial charge in [0.1, 0.15) is 5.75 Å². The molecule has 4 nitrogen and oxygen atoms in total. The number of rotatable bonds is 1. The number of hydrogen-bond acceptors (Lipinski definition) is 3. The molecule has 2 N–H and O–H groups in total. The molecule has 1 saturated heterocycles. The highest BCUT2D eigenvalue weighted by Crippen LogP contribution is 2.38. The van der Waals surface area contributed by atoms with Gasteiger partial charge in [-0.15, -0.1) is 0 Å². The second kappa shape index (κ2) is 4.28. The molecule has 3 rings (SSSR count). The Bertz CT molecular complexity index is 457. The summed E-state index contributed by atoms with van der Waals surface area (Å²) in [4.78, 5) is 14.1. The Balaban J connectivity index is 1.73. The van der Waals surface area contributed by atoms with Crippen molar-refractivity contribution in [3.05, 3.63) is 29.8 Å². The largest absolute Gasteiger partial charge is 0.508 e. The minimum atomic E-state index is -0.243. The SMILES string of the molecule is O=C(c1ccc(O)cc1)N1CC2CCC(O)C2C1. The average molecular weight is 247 g/mol. The van der Waals surface area contributed by atoms with Crippen LogP contribution in [0.2, 0.25) is 0 Å². The van der Waals surface area contributed by atoms with Crippen LogP contribution in [0.3, 0.4) is 0 Å². The van der Waals surface area contributed by atoms with Gasteiger partial charge in [-0.1, -0.05) is 0 Å². The minimum Gasteiger partial charge on any atom is -0.508 e. The number of amides is 1. The number of benzene rings is 1. The fourth-order valence-corrected chi connectivity index (χ4v) is 3.19. The molecule has 96 valence electrons. The standard InChI is InChI=1S/C14H17NO3/c16-11-4-1-9(2-5-11)14(18)15-7-10-3-6-13(17)12(10)8-15/h1-2,4-5,10,12-13,16-17H,3,6-8H2. The molecular formula is C14H17NO3. The number of nitrogens with zero attached hydrogens (tertiary/aromatic N) is 1. The monoisotopic (exact) mass is 247 g/mol. The van der Waals surface area contributed by atoms with Gasteiger partial charge in [-0.3, -0.25) is 4.79 Å². The number of phenolic OH excluding ortho intramolecular Hbond substituents is 1. The van der Waals surface area contributed by atoms with Gasteiger partial charge in [-0.2, -0.15) is 0 Å². The van der Waals surface area contributed by atoms with Gasteiger partial charge in [0.25, 0.3) is 5.91 Å². The summed E-state index contributed by atoms with van der Waals surface area (Å²) in [6.45, 7) is 1.41. The third kappa shape index (κ3) is 1.86. The van der Waals surface area contributed by atoms with E-state index in [2.05, 4.69) is 0 Å². The average Bonchev–Trinajstić information content (AvgIpc) is 2.92. The zero-order chi connectivity index (χ0) is 12.7. The van der Waals surface area contributed by atoms with Gasteiger partial charge >= 0.3 is 0 Å². The molecular weight excluding hydrogens is 230 g/mol. The fourth-order valence-electron chi connectivity index (χ4n) is 3.19. The van der Waals surface area contributed by atoms with Crippen LogP contribution in [0.1, 0.15) is 23.2 Å².